The highest BCUT2D eigenvalue weighted by molar-refractivity contribution is 7.99. The number of sulfonamides is 1. The van der Waals surface area contributed by atoms with E-state index in [9.17, 15) is 8.42 Å². The molecule has 21 heavy (non-hydrogen) atoms. The number of hydrogen-bond donors (Lipinski definition) is 2. The van der Waals surface area contributed by atoms with Crippen molar-refractivity contribution in [3.05, 3.63) is 46.4 Å². The summed E-state index contributed by atoms with van der Waals surface area (Å²) in [5, 5.41) is 0.944. The summed E-state index contributed by atoms with van der Waals surface area (Å²) in [7, 11) is -2.21. The van der Waals surface area contributed by atoms with E-state index in [1.54, 1.807) is 24.3 Å². The Hall–Kier alpha value is -0.920. The lowest BCUT2D eigenvalue weighted by Gasteiger charge is -2.09. The molecule has 0 aromatic heterocycles. The summed E-state index contributed by atoms with van der Waals surface area (Å²) >= 11 is 13.2. The van der Waals surface area contributed by atoms with E-state index in [2.05, 4.69) is 4.72 Å². The smallest absolute Gasteiger partial charge is 0.242 e. The molecule has 4 nitrogen and oxygen atoms in total. The second-order valence-electron chi connectivity index (χ2n) is 4.09. The number of rotatable bonds is 4. The summed E-state index contributed by atoms with van der Waals surface area (Å²) in [5.74, 6) is 0. The molecule has 0 fully saturated rings. The van der Waals surface area contributed by atoms with Crippen LogP contribution in [0.4, 0.5) is 5.69 Å². The third-order valence-electron chi connectivity index (χ3n) is 2.67. The fourth-order valence-electron chi connectivity index (χ4n) is 1.62. The number of nitrogens with two attached hydrogens (primary N) is 1. The van der Waals surface area contributed by atoms with Crippen molar-refractivity contribution in [2.45, 2.75) is 14.7 Å². The summed E-state index contributed by atoms with van der Waals surface area (Å²) in [6, 6.07) is 10.0. The zero-order valence-electron chi connectivity index (χ0n) is 10.9. The molecule has 0 saturated heterocycles. The Bertz CT molecular complexity index is 780. The Morgan fingerprint density at radius 1 is 1.05 bits per heavy atom. The number of nitrogens with one attached hydrogen (secondary N) is 1. The van der Waals surface area contributed by atoms with Crippen molar-refractivity contribution in [2.75, 3.05) is 12.8 Å². The minimum absolute atomic E-state index is 0.0588. The predicted octanol–water partition coefficient (Wildman–Crippen LogP) is 3.63. The second kappa shape index (κ2) is 6.46. The fourth-order valence-corrected chi connectivity index (χ4v) is 3.73. The van der Waals surface area contributed by atoms with Crippen LogP contribution >= 0.6 is 35.0 Å². The van der Waals surface area contributed by atoms with Crippen molar-refractivity contribution in [3.8, 4) is 0 Å². The molecular formula is C13H12Cl2N2O2S2. The Labute approximate surface area is 137 Å². The third-order valence-corrected chi connectivity index (χ3v) is 5.87. The van der Waals surface area contributed by atoms with Gasteiger partial charge >= 0.3 is 0 Å². The van der Waals surface area contributed by atoms with Crippen molar-refractivity contribution in [2.24, 2.45) is 0 Å². The molecular weight excluding hydrogens is 351 g/mol. The largest absolute Gasteiger partial charge is 0.398 e. The molecule has 2 aromatic carbocycles. The number of anilines is 1. The minimum atomic E-state index is -3.55. The average molecular weight is 363 g/mol. The lowest BCUT2D eigenvalue weighted by molar-refractivity contribution is 0.588. The topological polar surface area (TPSA) is 72.2 Å². The normalized spacial score (nSPS) is 11.6. The Balaban J connectivity index is 2.30. The van der Waals surface area contributed by atoms with Gasteiger partial charge < -0.3 is 5.73 Å². The first-order valence-electron chi connectivity index (χ1n) is 5.79. The quantitative estimate of drug-likeness (QED) is 0.814. The number of halogens is 2. The summed E-state index contributed by atoms with van der Waals surface area (Å²) in [5.41, 5.74) is 6.00. The van der Waals surface area contributed by atoms with Gasteiger partial charge in [-0.15, -0.1) is 0 Å². The second-order valence-corrected chi connectivity index (χ2v) is 7.90. The Morgan fingerprint density at radius 3 is 2.24 bits per heavy atom. The maximum Gasteiger partial charge on any atom is 0.242 e. The van der Waals surface area contributed by atoms with Gasteiger partial charge in [0, 0.05) is 9.79 Å². The molecule has 0 radical (unpaired) electrons. The van der Waals surface area contributed by atoms with Gasteiger partial charge in [-0.1, -0.05) is 35.0 Å². The van der Waals surface area contributed by atoms with Gasteiger partial charge in [0.25, 0.3) is 0 Å². The molecule has 0 atom stereocenters. The molecule has 0 unspecified atom stereocenters. The minimum Gasteiger partial charge on any atom is -0.398 e. The van der Waals surface area contributed by atoms with E-state index in [1.807, 2.05) is 6.07 Å². The van der Waals surface area contributed by atoms with E-state index in [4.69, 9.17) is 28.9 Å². The van der Waals surface area contributed by atoms with E-state index >= 15 is 0 Å². The molecule has 2 aromatic rings. The Morgan fingerprint density at radius 2 is 1.67 bits per heavy atom. The molecule has 0 heterocycles. The lowest BCUT2D eigenvalue weighted by Crippen LogP contribution is -2.19. The summed E-state index contributed by atoms with van der Waals surface area (Å²) in [4.78, 5) is 1.75. The molecule has 0 amide bonds. The molecule has 3 N–H and O–H groups in total. The highest BCUT2D eigenvalue weighted by atomic mass is 35.5. The molecule has 8 heteroatoms. The van der Waals surface area contributed by atoms with E-state index in [1.165, 1.54) is 24.9 Å². The SMILES string of the molecule is CNS(=O)(=O)c1ccc(Sc2ccc(Cl)c(Cl)c2)cc1N. The van der Waals surface area contributed by atoms with Crippen LogP contribution in [-0.4, -0.2) is 15.5 Å². The number of benzene rings is 2. The van der Waals surface area contributed by atoms with Gasteiger partial charge in [-0.25, -0.2) is 13.1 Å². The maximum atomic E-state index is 11.7. The fraction of sp³-hybridized carbons (Fsp3) is 0.0769. The summed E-state index contributed by atoms with van der Waals surface area (Å²) in [6.45, 7) is 0. The molecule has 0 bridgehead atoms. The van der Waals surface area contributed by atoms with Crippen LogP contribution < -0.4 is 10.5 Å². The first-order chi connectivity index (χ1) is 9.83. The van der Waals surface area contributed by atoms with Gasteiger partial charge in [-0.05, 0) is 43.4 Å². The molecule has 0 aliphatic heterocycles. The van der Waals surface area contributed by atoms with Gasteiger partial charge in [0.2, 0.25) is 10.0 Å². The van der Waals surface area contributed by atoms with Gasteiger partial charge in [0.15, 0.2) is 0 Å². The van der Waals surface area contributed by atoms with Gasteiger partial charge in [0.1, 0.15) is 4.90 Å². The molecule has 0 spiro atoms. The van der Waals surface area contributed by atoms with Crippen LogP contribution in [0.1, 0.15) is 0 Å². The zero-order chi connectivity index (χ0) is 15.6. The van der Waals surface area contributed by atoms with Gasteiger partial charge in [-0.3, -0.25) is 0 Å². The molecule has 112 valence electrons. The van der Waals surface area contributed by atoms with Crippen LogP contribution in [0.2, 0.25) is 10.0 Å². The van der Waals surface area contributed by atoms with Gasteiger partial charge in [0.05, 0.1) is 15.7 Å². The summed E-state index contributed by atoms with van der Waals surface area (Å²) in [6.07, 6.45) is 0. The number of hydrogen-bond acceptors (Lipinski definition) is 4. The van der Waals surface area contributed by atoms with E-state index < -0.39 is 10.0 Å². The number of nitrogen functional groups attached to an aromatic ring is 1. The van der Waals surface area contributed by atoms with Crippen LogP contribution in [0.5, 0.6) is 0 Å². The summed E-state index contributed by atoms with van der Waals surface area (Å²) < 4.78 is 25.7. The first-order valence-corrected chi connectivity index (χ1v) is 8.85. The van der Waals surface area contributed by atoms with E-state index in [-0.39, 0.29) is 10.6 Å². The van der Waals surface area contributed by atoms with Crippen LogP contribution in [-0.2, 0) is 10.0 Å². The third kappa shape index (κ3) is 3.84. The van der Waals surface area contributed by atoms with Crippen LogP contribution in [0.25, 0.3) is 0 Å². The van der Waals surface area contributed by atoms with Crippen molar-refractivity contribution in [3.63, 3.8) is 0 Å². The zero-order valence-corrected chi connectivity index (χ0v) is 14.1. The van der Waals surface area contributed by atoms with E-state index in [0.717, 1.165) is 9.79 Å². The van der Waals surface area contributed by atoms with Crippen LogP contribution in [0.15, 0.2) is 51.1 Å². The lowest BCUT2D eigenvalue weighted by atomic mass is 10.3. The molecule has 0 aliphatic rings. The van der Waals surface area contributed by atoms with Crippen LogP contribution in [0.3, 0.4) is 0 Å². The molecule has 0 aliphatic carbocycles. The maximum absolute atomic E-state index is 11.7. The van der Waals surface area contributed by atoms with Crippen molar-refractivity contribution in [1.82, 2.24) is 4.72 Å². The van der Waals surface area contributed by atoms with Crippen molar-refractivity contribution >= 4 is 50.7 Å². The van der Waals surface area contributed by atoms with E-state index in [0.29, 0.717) is 10.0 Å². The average Bonchev–Trinajstić information content (AvgIpc) is 2.43. The monoisotopic (exact) mass is 362 g/mol. The van der Waals surface area contributed by atoms with Crippen molar-refractivity contribution < 1.29 is 8.42 Å². The molecule has 0 saturated carbocycles. The Kier molecular flexibility index (Phi) is 5.06. The highest BCUT2D eigenvalue weighted by Crippen LogP contribution is 2.34. The highest BCUT2D eigenvalue weighted by Gasteiger charge is 2.15. The first kappa shape index (κ1) is 16.5. The van der Waals surface area contributed by atoms with Crippen molar-refractivity contribution in [1.29, 1.82) is 0 Å². The molecule has 2 rings (SSSR count). The predicted molar refractivity (Wildman–Crippen MR) is 87.7 cm³/mol. The van der Waals surface area contributed by atoms with Crippen LogP contribution in [0, 0.1) is 0 Å². The van der Waals surface area contributed by atoms with Gasteiger partial charge in [-0.2, -0.15) is 0 Å². The standard InChI is InChI=1S/C13H12Cl2N2O2S2/c1-17-21(18,19)13-5-3-9(7-12(13)16)20-8-2-4-10(14)11(15)6-8/h2-7,17H,16H2,1H3.